The predicted molar refractivity (Wildman–Crippen MR) is 101 cm³/mol. The molecule has 0 aliphatic heterocycles. The average Bonchev–Trinajstić information content (AvgIpc) is 3.08. The van der Waals surface area contributed by atoms with Gasteiger partial charge in [-0.1, -0.05) is 13.0 Å². The van der Waals surface area contributed by atoms with Crippen LogP contribution in [0.5, 0.6) is 0 Å². The number of nitrogens with two attached hydrogens (primary N) is 1. The van der Waals surface area contributed by atoms with E-state index in [9.17, 15) is 0 Å². The molecule has 1 atom stereocenters. The van der Waals surface area contributed by atoms with Crippen molar-refractivity contribution in [3.8, 4) is 0 Å². The first-order chi connectivity index (χ1) is 12.3. The van der Waals surface area contributed by atoms with Crippen LogP contribution in [0.1, 0.15) is 62.2 Å². The van der Waals surface area contributed by atoms with Gasteiger partial charge < -0.3 is 10.3 Å². The van der Waals surface area contributed by atoms with E-state index in [-0.39, 0.29) is 0 Å². The van der Waals surface area contributed by atoms with Crippen molar-refractivity contribution in [2.45, 2.75) is 64.6 Å². The maximum absolute atomic E-state index is 5.72. The first-order valence-electron chi connectivity index (χ1n) is 9.71. The number of aromatic nitrogens is 3. The molecule has 0 spiro atoms. The Morgan fingerprint density at radius 3 is 3.04 bits per heavy atom. The Morgan fingerprint density at radius 2 is 2.20 bits per heavy atom. The summed E-state index contributed by atoms with van der Waals surface area (Å²) in [6.45, 7) is 5.95. The summed E-state index contributed by atoms with van der Waals surface area (Å²) in [5.41, 5.74) is 8.41. The van der Waals surface area contributed by atoms with Gasteiger partial charge in [-0.2, -0.15) is 0 Å². The minimum atomic E-state index is 0.398. The van der Waals surface area contributed by atoms with Gasteiger partial charge in [0, 0.05) is 25.1 Å². The highest BCUT2D eigenvalue weighted by Gasteiger charge is 2.27. The molecule has 0 aromatic carbocycles. The zero-order valence-electron chi connectivity index (χ0n) is 15.4. The first-order valence-corrected chi connectivity index (χ1v) is 9.71. The first kappa shape index (κ1) is 18.1. The van der Waals surface area contributed by atoms with Crippen LogP contribution in [0.15, 0.2) is 30.7 Å². The highest BCUT2D eigenvalue weighted by Crippen LogP contribution is 2.33. The van der Waals surface area contributed by atoms with Crippen molar-refractivity contribution >= 4 is 0 Å². The minimum Gasteiger partial charge on any atom is -0.334 e. The second-order valence-corrected chi connectivity index (χ2v) is 6.96. The van der Waals surface area contributed by atoms with Gasteiger partial charge >= 0.3 is 0 Å². The number of nitrogens with zero attached hydrogens (tertiary/aromatic N) is 4. The molecule has 1 aliphatic rings. The lowest BCUT2D eigenvalue weighted by atomic mass is 9.90. The van der Waals surface area contributed by atoms with E-state index in [0.717, 1.165) is 57.7 Å². The molecule has 136 valence electrons. The fraction of sp³-hybridized carbons (Fsp3) is 0.600. The summed E-state index contributed by atoms with van der Waals surface area (Å²) in [6, 6.07) is 4.70. The highest BCUT2D eigenvalue weighted by atomic mass is 15.2. The van der Waals surface area contributed by atoms with Crippen molar-refractivity contribution < 1.29 is 0 Å². The van der Waals surface area contributed by atoms with E-state index < -0.39 is 0 Å². The van der Waals surface area contributed by atoms with Gasteiger partial charge in [0.15, 0.2) is 0 Å². The molecular formula is C20H31N5. The van der Waals surface area contributed by atoms with Crippen LogP contribution in [0.3, 0.4) is 0 Å². The largest absolute Gasteiger partial charge is 0.334 e. The molecule has 5 heteroatoms. The molecule has 2 heterocycles. The predicted octanol–water partition coefficient (Wildman–Crippen LogP) is 3.31. The molecule has 3 rings (SSSR count). The summed E-state index contributed by atoms with van der Waals surface area (Å²) < 4.78 is 2.29. The van der Waals surface area contributed by atoms with E-state index in [1.165, 1.54) is 24.1 Å². The van der Waals surface area contributed by atoms with E-state index >= 15 is 0 Å². The SMILES string of the molecule is CCCn1ccnc1CN(CCCCN)C1CCCc2cccnc21. The van der Waals surface area contributed by atoms with Crippen molar-refractivity contribution in [3.05, 3.63) is 47.8 Å². The Hall–Kier alpha value is -1.72. The number of hydrogen-bond donors (Lipinski definition) is 1. The highest BCUT2D eigenvalue weighted by molar-refractivity contribution is 5.25. The molecular weight excluding hydrogens is 310 g/mol. The van der Waals surface area contributed by atoms with Crippen LogP contribution in [0.4, 0.5) is 0 Å². The standard InChI is InChI=1S/C20H31N5/c1-2-13-24-15-12-22-19(24)16-25(14-4-3-10-21)18-9-5-7-17-8-6-11-23-20(17)18/h6,8,11-12,15,18H,2-5,7,9-10,13-14,16,21H2,1H3. The molecule has 2 aromatic heterocycles. The third-order valence-corrected chi connectivity index (χ3v) is 5.12. The normalized spacial score (nSPS) is 17.0. The molecule has 2 N–H and O–H groups in total. The number of unbranched alkanes of at least 4 members (excludes halogenated alkanes) is 1. The van der Waals surface area contributed by atoms with Crippen molar-refractivity contribution in [1.29, 1.82) is 0 Å². The summed E-state index contributed by atoms with van der Waals surface area (Å²) in [5, 5.41) is 0. The molecule has 0 fully saturated rings. The van der Waals surface area contributed by atoms with E-state index in [0.29, 0.717) is 6.04 Å². The van der Waals surface area contributed by atoms with E-state index in [1.807, 2.05) is 12.4 Å². The van der Waals surface area contributed by atoms with Crippen LogP contribution >= 0.6 is 0 Å². The maximum atomic E-state index is 5.72. The van der Waals surface area contributed by atoms with Gasteiger partial charge in [0.1, 0.15) is 5.82 Å². The number of imidazole rings is 1. The molecule has 0 saturated carbocycles. The Bertz CT molecular complexity index is 651. The fourth-order valence-electron chi connectivity index (χ4n) is 3.86. The van der Waals surface area contributed by atoms with Crippen LogP contribution in [-0.2, 0) is 19.5 Å². The monoisotopic (exact) mass is 341 g/mol. The Balaban J connectivity index is 1.81. The molecule has 0 saturated heterocycles. The van der Waals surface area contributed by atoms with Crippen LogP contribution in [0.2, 0.25) is 0 Å². The third kappa shape index (κ3) is 4.47. The van der Waals surface area contributed by atoms with Crippen LogP contribution in [0.25, 0.3) is 0 Å². The zero-order valence-corrected chi connectivity index (χ0v) is 15.4. The summed E-state index contributed by atoms with van der Waals surface area (Å²) in [7, 11) is 0. The third-order valence-electron chi connectivity index (χ3n) is 5.12. The molecule has 0 radical (unpaired) electrons. The zero-order chi connectivity index (χ0) is 17.5. The number of pyridine rings is 1. The molecule has 0 bridgehead atoms. The van der Waals surface area contributed by atoms with Crippen molar-refractivity contribution in [3.63, 3.8) is 0 Å². The number of aryl methyl sites for hydroxylation is 2. The molecule has 1 unspecified atom stereocenters. The number of fused-ring (bicyclic) bond motifs is 1. The van der Waals surface area contributed by atoms with Crippen molar-refractivity contribution in [2.75, 3.05) is 13.1 Å². The van der Waals surface area contributed by atoms with Crippen LogP contribution < -0.4 is 5.73 Å². The van der Waals surface area contributed by atoms with Gasteiger partial charge in [-0.25, -0.2) is 4.98 Å². The summed E-state index contributed by atoms with van der Waals surface area (Å²) in [5.74, 6) is 1.16. The van der Waals surface area contributed by atoms with Gasteiger partial charge in [-0.15, -0.1) is 0 Å². The number of rotatable bonds is 9. The quantitative estimate of drug-likeness (QED) is 0.711. The van der Waals surface area contributed by atoms with Crippen LogP contribution in [0, 0.1) is 0 Å². The number of hydrogen-bond acceptors (Lipinski definition) is 4. The lowest BCUT2D eigenvalue weighted by molar-refractivity contribution is 0.157. The molecule has 25 heavy (non-hydrogen) atoms. The maximum Gasteiger partial charge on any atom is 0.122 e. The fourth-order valence-corrected chi connectivity index (χ4v) is 3.86. The van der Waals surface area contributed by atoms with Crippen molar-refractivity contribution in [1.82, 2.24) is 19.4 Å². The summed E-state index contributed by atoms with van der Waals surface area (Å²) in [6.07, 6.45) is 12.9. The summed E-state index contributed by atoms with van der Waals surface area (Å²) >= 11 is 0. The minimum absolute atomic E-state index is 0.398. The van der Waals surface area contributed by atoms with E-state index in [2.05, 4.69) is 39.7 Å². The molecule has 2 aromatic rings. The Kier molecular flexibility index (Phi) is 6.59. The average molecular weight is 342 g/mol. The van der Waals surface area contributed by atoms with Gasteiger partial charge in [0.2, 0.25) is 0 Å². The van der Waals surface area contributed by atoms with E-state index in [4.69, 9.17) is 10.7 Å². The van der Waals surface area contributed by atoms with Gasteiger partial charge in [0.25, 0.3) is 0 Å². The van der Waals surface area contributed by atoms with Gasteiger partial charge in [-0.05, 0) is 63.2 Å². The molecule has 1 aliphatic carbocycles. The topological polar surface area (TPSA) is 60.0 Å². The second-order valence-electron chi connectivity index (χ2n) is 6.96. The Labute approximate surface area is 151 Å². The molecule has 5 nitrogen and oxygen atoms in total. The smallest absolute Gasteiger partial charge is 0.122 e. The lowest BCUT2D eigenvalue weighted by Crippen LogP contribution is -2.33. The Morgan fingerprint density at radius 1 is 1.28 bits per heavy atom. The van der Waals surface area contributed by atoms with Crippen molar-refractivity contribution in [2.24, 2.45) is 5.73 Å². The molecule has 0 amide bonds. The lowest BCUT2D eigenvalue weighted by Gasteiger charge is -2.35. The van der Waals surface area contributed by atoms with Gasteiger partial charge in [-0.3, -0.25) is 9.88 Å². The van der Waals surface area contributed by atoms with Gasteiger partial charge in [0.05, 0.1) is 18.3 Å². The summed E-state index contributed by atoms with van der Waals surface area (Å²) in [4.78, 5) is 12.0. The van der Waals surface area contributed by atoms with E-state index in [1.54, 1.807) is 0 Å². The van der Waals surface area contributed by atoms with Crippen LogP contribution in [-0.4, -0.2) is 32.5 Å². The second kappa shape index (κ2) is 9.11.